The number of ether oxygens (including phenoxy) is 1. The van der Waals surface area contributed by atoms with E-state index in [-0.39, 0.29) is 17.7 Å². The number of carbonyl (C=O) groups is 2. The summed E-state index contributed by atoms with van der Waals surface area (Å²) in [6.45, 7) is 5.41. The van der Waals surface area contributed by atoms with E-state index < -0.39 is 11.7 Å². The minimum atomic E-state index is -0.537. The van der Waals surface area contributed by atoms with Gasteiger partial charge in [0.1, 0.15) is 5.60 Å². The van der Waals surface area contributed by atoms with Crippen molar-refractivity contribution in [2.45, 2.75) is 58.1 Å². The molecule has 18 heavy (non-hydrogen) atoms. The third-order valence-electron chi connectivity index (χ3n) is 2.95. The summed E-state index contributed by atoms with van der Waals surface area (Å²) in [5.41, 5.74) is -0.537. The van der Waals surface area contributed by atoms with Crippen LogP contribution < -0.4 is 5.32 Å². The van der Waals surface area contributed by atoms with Gasteiger partial charge in [0.2, 0.25) is 5.78 Å². The maximum absolute atomic E-state index is 11.7. The fourth-order valence-corrected chi connectivity index (χ4v) is 2.18. The number of rotatable bonds is 2. The van der Waals surface area contributed by atoms with Crippen LogP contribution in [0.5, 0.6) is 0 Å². The maximum Gasteiger partial charge on any atom is 0.407 e. The van der Waals surface area contributed by atoms with Gasteiger partial charge in [-0.05, 0) is 39.5 Å². The lowest BCUT2D eigenvalue weighted by Crippen LogP contribution is -2.46. The van der Waals surface area contributed by atoms with Crippen LogP contribution in [0.25, 0.3) is 0 Å². The van der Waals surface area contributed by atoms with Crippen molar-refractivity contribution in [3.8, 4) is 12.3 Å². The molecule has 2 atom stereocenters. The summed E-state index contributed by atoms with van der Waals surface area (Å²) in [6, 6.07) is -0.197. The highest BCUT2D eigenvalue weighted by atomic mass is 16.6. The zero-order valence-electron chi connectivity index (χ0n) is 11.3. The predicted molar refractivity (Wildman–Crippen MR) is 69.0 cm³/mol. The summed E-state index contributed by atoms with van der Waals surface area (Å²) >= 11 is 0. The number of amides is 1. The molecule has 0 aromatic heterocycles. The fourth-order valence-electron chi connectivity index (χ4n) is 2.18. The van der Waals surface area contributed by atoms with E-state index in [1.54, 1.807) is 20.8 Å². The molecule has 0 aromatic carbocycles. The third-order valence-corrected chi connectivity index (χ3v) is 2.95. The standard InChI is InChI=1S/C14H21NO3/c1-5-12(16)10-8-6-7-9-11(10)15-13(17)18-14(2,3)4/h1,10-11H,6-9H2,2-4H3,(H,15,17)/t10-,11+/m0/s1. The molecule has 0 radical (unpaired) electrons. The quantitative estimate of drug-likeness (QED) is 0.605. The van der Waals surface area contributed by atoms with Crippen molar-refractivity contribution in [1.82, 2.24) is 5.32 Å². The molecule has 0 aromatic rings. The SMILES string of the molecule is C#CC(=O)[C@H]1CCCC[C@H]1NC(=O)OC(C)(C)C. The molecule has 0 spiro atoms. The van der Waals surface area contributed by atoms with E-state index in [1.165, 1.54) is 0 Å². The molecule has 1 fully saturated rings. The Labute approximate surface area is 108 Å². The molecule has 1 aliphatic rings. The van der Waals surface area contributed by atoms with Gasteiger partial charge in [0, 0.05) is 6.04 Å². The highest BCUT2D eigenvalue weighted by molar-refractivity contribution is 5.97. The molecule has 4 nitrogen and oxygen atoms in total. The van der Waals surface area contributed by atoms with Gasteiger partial charge in [-0.15, -0.1) is 6.42 Å². The van der Waals surface area contributed by atoms with Crippen LogP contribution in [-0.4, -0.2) is 23.5 Å². The zero-order valence-corrected chi connectivity index (χ0v) is 11.3. The predicted octanol–water partition coefficient (Wildman–Crippen LogP) is 2.27. The van der Waals surface area contributed by atoms with Gasteiger partial charge < -0.3 is 10.1 Å². The van der Waals surface area contributed by atoms with Gasteiger partial charge in [-0.3, -0.25) is 4.79 Å². The molecule has 1 amide bonds. The van der Waals surface area contributed by atoms with Gasteiger partial charge in [-0.25, -0.2) is 4.79 Å². The number of hydrogen-bond donors (Lipinski definition) is 1. The number of carbonyl (C=O) groups excluding carboxylic acids is 2. The van der Waals surface area contributed by atoms with Crippen molar-refractivity contribution in [3.63, 3.8) is 0 Å². The molecule has 0 bridgehead atoms. The average Bonchev–Trinajstić information content (AvgIpc) is 2.26. The molecule has 0 saturated heterocycles. The largest absolute Gasteiger partial charge is 0.444 e. The van der Waals surface area contributed by atoms with Crippen molar-refractivity contribution >= 4 is 11.9 Å². The molecule has 1 saturated carbocycles. The lowest BCUT2D eigenvalue weighted by atomic mass is 9.82. The lowest BCUT2D eigenvalue weighted by molar-refractivity contribution is -0.119. The first-order valence-electron chi connectivity index (χ1n) is 6.33. The average molecular weight is 251 g/mol. The first-order valence-corrected chi connectivity index (χ1v) is 6.33. The van der Waals surface area contributed by atoms with E-state index in [2.05, 4.69) is 11.2 Å². The van der Waals surface area contributed by atoms with Crippen molar-refractivity contribution in [1.29, 1.82) is 0 Å². The summed E-state index contributed by atoms with van der Waals surface area (Å²) in [5.74, 6) is 1.66. The van der Waals surface area contributed by atoms with Crippen molar-refractivity contribution in [2.75, 3.05) is 0 Å². The second kappa shape index (κ2) is 5.90. The molecule has 4 heteroatoms. The van der Waals surface area contributed by atoms with Crippen molar-refractivity contribution in [2.24, 2.45) is 5.92 Å². The minimum absolute atomic E-state index is 0.197. The first kappa shape index (κ1) is 14.6. The van der Waals surface area contributed by atoms with Gasteiger partial charge >= 0.3 is 6.09 Å². The summed E-state index contributed by atoms with van der Waals surface area (Å²) in [5, 5.41) is 2.76. The summed E-state index contributed by atoms with van der Waals surface area (Å²) < 4.78 is 5.19. The zero-order chi connectivity index (χ0) is 13.8. The molecule has 1 aliphatic carbocycles. The van der Waals surface area contributed by atoms with E-state index in [1.807, 2.05) is 0 Å². The van der Waals surface area contributed by atoms with E-state index in [9.17, 15) is 9.59 Å². The number of ketones is 1. The molecular weight excluding hydrogens is 230 g/mol. The minimum Gasteiger partial charge on any atom is -0.444 e. The second-order valence-corrected chi connectivity index (χ2v) is 5.65. The van der Waals surface area contributed by atoms with Crippen molar-refractivity contribution < 1.29 is 14.3 Å². The molecular formula is C14H21NO3. The topological polar surface area (TPSA) is 55.4 Å². The fraction of sp³-hybridized carbons (Fsp3) is 0.714. The van der Waals surface area contributed by atoms with Gasteiger partial charge in [-0.2, -0.15) is 0 Å². The normalized spacial score (nSPS) is 23.9. The Kier molecular flexibility index (Phi) is 4.77. The van der Waals surface area contributed by atoms with Gasteiger partial charge in [0.05, 0.1) is 5.92 Å². The second-order valence-electron chi connectivity index (χ2n) is 5.65. The number of Topliss-reactive ketones (excluding diaryl/α,β-unsaturated/α-hetero) is 1. The van der Waals surface area contributed by atoms with Crippen LogP contribution in [0.15, 0.2) is 0 Å². The highest BCUT2D eigenvalue weighted by Gasteiger charge is 2.32. The Morgan fingerprint density at radius 3 is 2.44 bits per heavy atom. The van der Waals surface area contributed by atoms with E-state index in [0.717, 1.165) is 25.7 Å². The lowest BCUT2D eigenvalue weighted by Gasteiger charge is -2.30. The Morgan fingerprint density at radius 2 is 1.89 bits per heavy atom. The number of hydrogen-bond acceptors (Lipinski definition) is 3. The molecule has 100 valence electrons. The van der Waals surface area contributed by atoms with Crippen LogP contribution in [0.3, 0.4) is 0 Å². The molecule has 0 unspecified atom stereocenters. The van der Waals surface area contributed by atoms with Gasteiger partial charge in [0.25, 0.3) is 0 Å². The summed E-state index contributed by atoms with van der Waals surface area (Å²) in [4.78, 5) is 23.3. The van der Waals surface area contributed by atoms with Crippen LogP contribution >= 0.6 is 0 Å². The first-order chi connectivity index (χ1) is 8.33. The van der Waals surface area contributed by atoms with E-state index >= 15 is 0 Å². The number of terminal acetylenes is 1. The summed E-state index contributed by atoms with van der Waals surface area (Å²) in [7, 11) is 0. The monoisotopic (exact) mass is 251 g/mol. The highest BCUT2D eigenvalue weighted by Crippen LogP contribution is 2.25. The van der Waals surface area contributed by atoms with Crippen molar-refractivity contribution in [3.05, 3.63) is 0 Å². The van der Waals surface area contributed by atoms with E-state index in [0.29, 0.717) is 0 Å². The van der Waals surface area contributed by atoms with Crippen LogP contribution in [-0.2, 0) is 9.53 Å². The van der Waals surface area contributed by atoms with Gasteiger partial charge in [0.15, 0.2) is 0 Å². The molecule has 1 rings (SSSR count). The summed E-state index contributed by atoms with van der Waals surface area (Å²) in [6.07, 6.45) is 8.16. The van der Waals surface area contributed by atoms with Crippen LogP contribution in [0.2, 0.25) is 0 Å². The van der Waals surface area contributed by atoms with Crippen LogP contribution in [0.4, 0.5) is 4.79 Å². The van der Waals surface area contributed by atoms with Crippen LogP contribution in [0.1, 0.15) is 46.5 Å². The smallest absolute Gasteiger partial charge is 0.407 e. The maximum atomic E-state index is 11.7. The molecule has 1 N–H and O–H groups in total. The Bertz CT molecular complexity index is 362. The number of alkyl carbamates (subject to hydrolysis) is 1. The molecule has 0 heterocycles. The number of nitrogens with one attached hydrogen (secondary N) is 1. The van der Waals surface area contributed by atoms with Gasteiger partial charge in [-0.1, -0.05) is 12.8 Å². The van der Waals surface area contributed by atoms with E-state index in [4.69, 9.17) is 11.2 Å². The van der Waals surface area contributed by atoms with Crippen LogP contribution in [0, 0.1) is 18.3 Å². The Morgan fingerprint density at radius 1 is 1.28 bits per heavy atom. The Balaban J connectivity index is 2.60. The Hall–Kier alpha value is -1.50. The third kappa shape index (κ3) is 4.40. The molecule has 0 aliphatic heterocycles.